The summed E-state index contributed by atoms with van der Waals surface area (Å²) in [6.45, 7) is 0.965. The minimum Gasteiger partial charge on any atom is -0.483 e. The van der Waals surface area contributed by atoms with E-state index in [1.54, 1.807) is 35.4 Å². The van der Waals surface area contributed by atoms with Gasteiger partial charge in [0.15, 0.2) is 0 Å². The smallest absolute Gasteiger partial charge is 0.290 e. The molecule has 0 aromatic carbocycles. The molecule has 0 spiro atoms. The van der Waals surface area contributed by atoms with Gasteiger partial charge < -0.3 is 19.8 Å². The number of carbonyl (C=O) groups is 2. The van der Waals surface area contributed by atoms with E-state index in [9.17, 15) is 9.90 Å². The van der Waals surface area contributed by atoms with Crippen LogP contribution in [-0.4, -0.2) is 79.1 Å². The molecule has 3 atom stereocenters. The van der Waals surface area contributed by atoms with Gasteiger partial charge in [-0.25, -0.2) is 4.98 Å². The van der Waals surface area contributed by atoms with Gasteiger partial charge in [0.25, 0.3) is 12.4 Å². The molecule has 27 heavy (non-hydrogen) atoms. The van der Waals surface area contributed by atoms with E-state index >= 15 is 0 Å². The van der Waals surface area contributed by atoms with Crippen LogP contribution in [0, 0.1) is 5.92 Å². The Hall–Kier alpha value is -2.85. The summed E-state index contributed by atoms with van der Waals surface area (Å²) < 4.78 is 7.45. The average Bonchev–Trinajstić information content (AvgIpc) is 3.37. The predicted octanol–water partition coefficient (Wildman–Crippen LogP) is -0.0250. The van der Waals surface area contributed by atoms with E-state index in [0.29, 0.717) is 24.7 Å². The highest BCUT2D eigenvalue weighted by atomic mass is 16.5. The van der Waals surface area contributed by atoms with E-state index in [1.807, 2.05) is 4.90 Å². The van der Waals surface area contributed by atoms with Gasteiger partial charge in [0, 0.05) is 13.2 Å². The summed E-state index contributed by atoms with van der Waals surface area (Å²) in [6, 6.07) is 5.35. The lowest BCUT2D eigenvalue weighted by molar-refractivity contribution is -0.122. The van der Waals surface area contributed by atoms with Gasteiger partial charge in [-0.3, -0.25) is 14.2 Å². The number of fused-ring (bicyclic) bond motifs is 1. The zero-order valence-corrected chi connectivity index (χ0v) is 14.6. The first-order chi connectivity index (χ1) is 13.2. The van der Waals surface area contributed by atoms with Gasteiger partial charge in [-0.05, 0) is 30.9 Å². The van der Waals surface area contributed by atoms with Crippen LogP contribution in [0.3, 0.4) is 0 Å². The van der Waals surface area contributed by atoms with Crippen LogP contribution in [0.5, 0.6) is 0 Å². The van der Waals surface area contributed by atoms with Crippen LogP contribution in [0.15, 0.2) is 30.9 Å². The molecule has 1 saturated heterocycles. The Kier molecular flexibility index (Phi) is 6.09. The molecule has 2 fully saturated rings. The van der Waals surface area contributed by atoms with Crippen molar-refractivity contribution < 1.29 is 24.5 Å². The molecule has 1 amide bonds. The van der Waals surface area contributed by atoms with Gasteiger partial charge in [-0.15, -0.1) is 10.2 Å². The molecule has 4 rings (SSSR count). The van der Waals surface area contributed by atoms with Crippen LogP contribution in [0.25, 0.3) is 5.82 Å². The van der Waals surface area contributed by atoms with E-state index < -0.39 is 0 Å². The van der Waals surface area contributed by atoms with Crippen molar-refractivity contribution in [2.24, 2.45) is 5.92 Å². The Morgan fingerprint density at radius 1 is 1.30 bits per heavy atom. The molecule has 2 aliphatic rings. The number of aromatic nitrogens is 4. The number of hydrogen-bond acceptors (Lipinski definition) is 7. The van der Waals surface area contributed by atoms with Crippen molar-refractivity contribution in [2.75, 3.05) is 19.8 Å². The Morgan fingerprint density at radius 3 is 2.74 bits per heavy atom. The Bertz CT molecular complexity index is 769. The number of carboxylic acid groups (broad SMARTS) is 1. The normalized spacial score (nSPS) is 23.9. The molecule has 10 heteroatoms. The number of carbonyl (C=O) groups excluding carboxylic acids is 1. The van der Waals surface area contributed by atoms with Gasteiger partial charge in [0.1, 0.15) is 24.2 Å². The summed E-state index contributed by atoms with van der Waals surface area (Å²) in [7, 11) is 0. The number of rotatable bonds is 3. The molecule has 0 radical (unpaired) electrons. The van der Waals surface area contributed by atoms with Gasteiger partial charge in [-0.2, -0.15) is 0 Å². The maximum Gasteiger partial charge on any atom is 0.290 e. The third kappa shape index (κ3) is 4.12. The van der Waals surface area contributed by atoms with Gasteiger partial charge in [0.05, 0.1) is 18.8 Å². The quantitative estimate of drug-likeness (QED) is 0.716. The molecule has 1 aliphatic heterocycles. The van der Waals surface area contributed by atoms with E-state index in [1.165, 1.54) is 0 Å². The minimum absolute atomic E-state index is 0.0147. The number of nitrogens with zero attached hydrogens (tertiary/aromatic N) is 5. The summed E-state index contributed by atoms with van der Waals surface area (Å²) in [4.78, 5) is 27.6. The van der Waals surface area contributed by atoms with Gasteiger partial charge in [0.2, 0.25) is 0 Å². The summed E-state index contributed by atoms with van der Waals surface area (Å²) in [5.41, 5.74) is 0.397. The van der Waals surface area contributed by atoms with Crippen LogP contribution in [0.2, 0.25) is 0 Å². The maximum atomic E-state index is 13.0. The second kappa shape index (κ2) is 8.69. The highest BCUT2D eigenvalue weighted by molar-refractivity contribution is 5.92. The highest BCUT2D eigenvalue weighted by Crippen LogP contribution is 2.34. The molecule has 10 nitrogen and oxygen atoms in total. The second-order valence-corrected chi connectivity index (χ2v) is 6.35. The lowest BCUT2D eigenvalue weighted by Gasteiger charge is -2.37. The van der Waals surface area contributed by atoms with Crippen LogP contribution in [-0.2, 0) is 9.53 Å². The predicted molar refractivity (Wildman–Crippen MR) is 92.2 cm³/mol. The molecule has 1 unspecified atom stereocenters. The maximum absolute atomic E-state index is 13.0. The fourth-order valence-electron chi connectivity index (χ4n) is 3.60. The van der Waals surface area contributed by atoms with Crippen molar-refractivity contribution in [3.63, 3.8) is 0 Å². The standard InChI is InChI=1S/C16H19N5O3.CH2O2/c22-8-11-6-13-14(7-11)24-5-4-21(13)16(23)12-2-1-3-15(19-12)20-9-17-18-10-20;2-1-3/h1-3,9-11,13-14,22H,4-8H2;1H,(H,2,3)/t11-,13+,14?;/m1./s1. The molecular weight excluding hydrogens is 354 g/mol. The molecule has 3 heterocycles. The topological polar surface area (TPSA) is 131 Å². The van der Waals surface area contributed by atoms with Crippen LogP contribution in [0.4, 0.5) is 0 Å². The second-order valence-electron chi connectivity index (χ2n) is 6.35. The number of amides is 1. The first kappa shape index (κ1) is 18.9. The van der Waals surface area contributed by atoms with Crippen molar-refractivity contribution in [2.45, 2.75) is 25.0 Å². The van der Waals surface area contributed by atoms with E-state index in [4.69, 9.17) is 14.6 Å². The molecular formula is C17H21N5O5. The SMILES string of the molecule is O=C(c1cccc(-n2cnnc2)n1)N1CCOC2C[C@H](CO)C[C@@H]21.O=CO. The van der Waals surface area contributed by atoms with Gasteiger partial charge in [-0.1, -0.05) is 6.07 Å². The van der Waals surface area contributed by atoms with E-state index in [2.05, 4.69) is 15.2 Å². The average molecular weight is 375 g/mol. The number of pyridine rings is 1. The van der Waals surface area contributed by atoms with Crippen molar-refractivity contribution >= 4 is 12.4 Å². The van der Waals surface area contributed by atoms with Crippen molar-refractivity contribution in [1.82, 2.24) is 24.6 Å². The zero-order chi connectivity index (χ0) is 19.2. The molecule has 1 aliphatic carbocycles. The monoisotopic (exact) mass is 375 g/mol. The van der Waals surface area contributed by atoms with Crippen LogP contribution >= 0.6 is 0 Å². The van der Waals surface area contributed by atoms with E-state index in [0.717, 1.165) is 12.8 Å². The lowest BCUT2D eigenvalue weighted by atomic mass is 10.1. The number of hydrogen-bond donors (Lipinski definition) is 2. The minimum atomic E-state index is -0.250. The first-order valence-electron chi connectivity index (χ1n) is 8.61. The lowest BCUT2D eigenvalue weighted by Crippen LogP contribution is -2.51. The highest BCUT2D eigenvalue weighted by Gasteiger charge is 2.43. The Labute approximate surface area is 155 Å². The molecule has 1 saturated carbocycles. The van der Waals surface area contributed by atoms with Crippen molar-refractivity contribution in [1.29, 1.82) is 0 Å². The number of aliphatic hydroxyl groups excluding tert-OH is 1. The Balaban J connectivity index is 0.000000659. The largest absolute Gasteiger partial charge is 0.483 e. The number of ether oxygens (including phenoxy) is 1. The molecule has 0 bridgehead atoms. The fraction of sp³-hybridized carbons (Fsp3) is 0.471. The van der Waals surface area contributed by atoms with Crippen LogP contribution < -0.4 is 0 Å². The third-order valence-corrected chi connectivity index (χ3v) is 4.79. The molecule has 144 valence electrons. The number of morpholine rings is 1. The zero-order valence-electron chi connectivity index (χ0n) is 14.6. The van der Waals surface area contributed by atoms with E-state index in [-0.39, 0.29) is 37.0 Å². The summed E-state index contributed by atoms with van der Waals surface area (Å²) in [6.07, 6.45) is 4.69. The van der Waals surface area contributed by atoms with Gasteiger partial charge >= 0.3 is 0 Å². The molecule has 2 aromatic rings. The summed E-state index contributed by atoms with van der Waals surface area (Å²) >= 11 is 0. The third-order valence-electron chi connectivity index (χ3n) is 4.79. The summed E-state index contributed by atoms with van der Waals surface area (Å²) in [5, 5.41) is 23.8. The number of aliphatic hydroxyl groups is 1. The fourth-order valence-corrected chi connectivity index (χ4v) is 3.60. The van der Waals surface area contributed by atoms with Crippen molar-refractivity contribution in [3.8, 4) is 5.82 Å². The molecule has 2 N–H and O–H groups in total. The van der Waals surface area contributed by atoms with Crippen LogP contribution in [0.1, 0.15) is 23.3 Å². The molecule has 2 aromatic heterocycles. The first-order valence-corrected chi connectivity index (χ1v) is 8.61. The Morgan fingerprint density at radius 2 is 2.04 bits per heavy atom. The summed E-state index contributed by atoms with van der Waals surface area (Å²) in [5.74, 6) is 0.710. The van der Waals surface area contributed by atoms with Crippen molar-refractivity contribution in [3.05, 3.63) is 36.5 Å².